The Kier molecular flexibility index (Phi) is 9.80. The van der Waals surface area contributed by atoms with E-state index in [-0.39, 0.29) is 44.5 Å². The lowest BCUT2D eigenvalue weighted by Gasteiger charge is -2.40. The van der Waals surface area contributed by atoms with Crippen LogP contribution in [0.4, 0.5) is 4.79 Å². The number of benzene rings is 3. The summed E-state index contributed by atoms with van der Waals surface area (Å²) in [5.74, 6) is -3.13. The van der Waals surface area contributed by atoms with E-state index in [1.807, 2.05) is 91.5 Å². The first-order chi connectivity index (χ1) is 23.2. The van der Waals surface area contributed by atoms with E-state index in [2.05, 4.69) is 17.4 Å². The van der Waals surface area contributed by atoms with Crippen LogP contribution < -0.4 is 5.32 Å². The number of piperidine rings is 1. The van der Waals surface area contributed by atoms with Crippen LogP contribution in [0.1, 0.15) is 41.5 Å². The van der Waals surface area contributed by atoms with Gasteiger partial charge in [0.25, 0.3) is 0 Å². The number of carboxylic acid groups (broad SMARTS) is 1. The predicted molar refractivity (Wildman–Crippen MR) is 181 cm³/mol. The van der Waals surface area contributed by atoms with Crippen molar-refractivity contribution < 1.29 is 29.0 Å². The summed E-state index contributed by atoms with van der Waals surface area (Å²) in [6, 6.07) is 23.3. The molecule has 3 heterocycles. The average Bonchev–Trinajstić information content (AvgIpc) is 3.69. The molecule has 3 aromatic carbocycles. The van der Waals surface area contributed by atoms with Crippen LogP contribution in [0.25, 0.3) is 10.9 Å². The van der Waals surface area contributed by atoms with Crippen LogP contribution >= 0.6 is 0 Å². The van der Waals surface area contributed by atoms with Gasteiger partial charge in [0.05, 0.1) is 5.92 Å². The van der Waals surface area contributed by atoms with Crippen LogP contribution in [0.15, 0.2) is 85.1 Å². The number of carbonyl (C=O) groups is 4. The first-order valence-electron chi connectivity index (χ1n) is 16.6. The minimum Gasteiger partial charge on any atom is -0.481 e. The Bertz CT molecular complexity index is 1790. The summed E-state index contributed by atoms with van der Waals surface area (Å²) in [4.78, 5) is 57.1. The zero-order valence-electron chi connectivity index (χ0n) is 27.4. The highest BCUT2D eigenvalue weighted by atomic mass is 16.6. The van der Waals surface area contributed by atoms with Crippen molar-refractivity contribution in [2.75, 3.05) is 13.1 Å². The maximum atomic E-state index is 14.5. The van der Waals surface area contributed by atoms with Crippen molar-refractivity contribution in [2.24, 2.45) is 18.9 Å². The molecule has 0 bridgehead atoms. The molecule has 2 fully saturated rings. The average molecular weight is 651 g/mol. The van der Waals surface area contributed by atoms with Gasteiger partial charge in [0.2, 0.25) is 11.8 Å². The van der Waals surface area contributed by atoms with E-state index in [9.17, 15) is 24.3 Å². The molecule has 4 aromatic rings. The van der Waals surface area contributed by atoms with Gasteiger partial charge in [-0.05, 0) is 78.8 Å². The minimum absolute atomic E-state index is 0.00301. The molecule has 2 aliphatic rings. The zero-order chi connectivity index (χ0) is 33.8. The van der Waals surface area contributed by atoms with Crippen molar-refractivity contribution in [3.63, 3.8) is 0 Å². The zero-order valence-corrected chi connectivity index (χ0v) is 27.4. The Balaban J connectivity index is 1.23. The molecule has 0 aliphatic carbocycles. The number of ether oxygens (including phenoxy) is 1. The summed E-state index contributed by atoms with van der Waals surface area (Å²) in [7, 11) is 1.98. The highest BCUT2D eigenvalue weighted by Gasteiger charge is 2.49. The maximum Gasteiger partial charge on any atom is 0.410 e. The largest absolute Gasteiger partial charge is 0.481 e. The van der Waals surface area contributed by atoms with Crippen molar-refractivity contribution in [3.05, 3.63) is 107 Å². The lowest BCUT2D eigenvalue weighted by Crippen LogP contribution is -2.60. The van der Waals surface area contributed by atoms with E-state index >= 15 is 0 Å². The van der Waals surface area contributed by atoms with Gasteiger partial charge in [-0.1, -0.05) is 66.2 Å². The fourth-order valence-corrected chi connectivity index (χ4v) is 7.11. The highest BCUT2D eigenvalue weighted by molar-refractivity contribution is 5.95. The Hall–Kier alpha value is -5.12. The van der Waals surface area contributed by atoms with Gasteiger partial charge in [0, 0.05) is 38.4 Å². The third kappa shape index (κ3) is 7.22. The van der Waals surface area contributed by atoms with E-state index < -0.39 is 36.0 Å². The molecule has 0 unspecified atom stereocenters. The second kappa shape index (κ2) is 14.3. The second-order valence-corrected chi connectivity index (χ2v) is 13.1. The van der Waals surface area contributed by atoms with E-state index in [0.29, 0.717) is 19.3 Å². The monoisotopic (exact) mass is 650 g/mol. The Morgan fingerprint density at radius 1 is 0.917 bits per heavy atom. The van der Waals surface area contributed by atoms with E-state index in [4.69, 9.17) is 4.74 Å². The first-order valence-corrected chi connectivity index (χ1v) is 16.6. The van der Waals surface area contributed by atoms with Gasteiger partial charge in [-0.15, -0.1) is 0 Å². The van der Waals surface area contributed by atoms with Gasteiger partial charge in [-0.3, -0.25) is 19.3 Å². The summed E-state index contributed by atoms with van der Waals surface area (Å²) >= 11 is 0. The van der Waals surface area contributed by atoms with Crippen molar-refractivity contribution in [1.29, 1.82) is 0 Å². The summed E-state index contributed by atoms with van der Waals surface area (Å²) in [5.41, 5.74) is 5.04. The number of likely N-dealkylation sites (tertiary alicyclic amines) is 2. The number of hydrogen-bond donors (Lipinski definition) is 2. The highest BCUT2D eigenvalue weighted by Crippen LogP contribution is 2.33. The molecular formula is C38H42N4O6. The molecule has 10 nitrogen and oxygen atoms in total. The first kappa shape index (κ1) is 32.8. The number of aliphatic carboxylic acids is 1. The summed E-state index contributed by atoms with van der Waals surface area (Å²) in [6.07, 6.45) is 3.00. The molecule has 3 amide bonds. The third-order valence-corrected chi connectivity index (χ3v) is 9.68. The van der Waals surface area contributed by atoms with Crippen molar-refractivity contribution >= 4 is 34.8 Å². The molecule has 1 aromatic heterocycles. The van der Waals surface area contributed by atoms with E-state index in [1.54, 1.807) is 0 Å². The molecule has 2 saturated heterocycles. The van der Waals surface area contributed by atoms with Crippen LogP contribution in [0.3, 0.4) is 0 Å². The van der Waals surface area contributed by atoms with Gasteiger partial charge >= 0.3 is 12.1 Å². The van der Waals surface area contributed by atoms with Crippen LogP contribution in [0.5, 0.6) is 0 Å². The number of nitrogens with zero attached hydrogens (tertiary/aromatic N) is 3. The van der Waals surface area contributed by atoms with Gasteiger partial charge < -0.3 is 24.6 Å². The number of aryl methyl sites for hydroxylation is 2. The molecule has 0 spiro atoms. The van der Waals surface area contributed by atoms with E-state index in [0.717, 1.165) is 33.2 Å². The quantitative estimate of drug-likeness (QED) is 0.261. The van der Waals surface area contributed by atoms with Crippen LogP contribution in [0.2, 0.25) is 0 Å². The van der Waals surface area contributed by atoms with Crippen LogP contribution in [-0.4, -0.2) is 68.5 Å². The molecule has 6 rings (SSSR count). The number of nitrogens with one attached hydrogen (secondary N) is 1. The number of carbonyl (C=O) groups excluding carboxylic acids is 3. The lowest BCUT2D eigenvalue weighted by atomic mass is 9.88. The summed E-state index contributed by atoms with van der Waals surface area (Å²) in [5, 5.41) is 14.3. The van der Waals surface area contributed by atoms with Gasteiger partial charge in [-0.2, -0.15) is 0 Å². The number of fused-ring (bicyclic) bond motifs is 1. The smallest absolute Gasteiger partial charge is 0.410 e. The predicted octanol–water partition coefficient (Wildman–Crippen LogP) is 5.06. The molecule has 48 heavy (non-hydrogen) atoms. The molecule has 0 radical (unpaired) electrons. The van der Waals surface area contributed by atoms with E-state index in [1.165, 1.54) is 9.80 Å². The summed E-state index contributed by atoms with van der Waals surface area (Å²) < 4.78 is 7.62. The number of rotatable bonds is 9. The number of aromatic nitrogens is 1. The molecule has 4 atom stereocenters. The van der Waals surface area contributed by atoms with Crippen molar-refractivity contribution in [2.45, 2.75) is 57.8 Å². The molecular weight excluding hydrogens is 608 g/mol. The minimum atomic E-state index is -1.28. The molecule has 2 aliphatic heterocycles. The van der Waals surface area contributed by atoms with Crippen molar-refractivity contribution in [3.8, 4) is 0 Å². The molecule has 10 heteroatoms. The topological polar surface area (TPSA) is 121 Å². The van der Waals surface area contributed by atoms with Gasteiger partial charge in [0.1, 0.15) is 18.7 Å². The Morgan fingerprint density at radius 3 is 2.42 bits per heavy atom. The fraction of sp³-hybridized carbons (Fsp3) is 0.368. The molecule has 0 saturated carbocycles. The number of hydrogen-bond acceptors (Lipinski definition) is 5. The fourth-order valence-electron chi connectivity index (χ4n) is 7.11. The SMILES string of the molecule is Cc1ccc(C[C@@H]2C[C@@H](C(=O)NCc3ccc4c(ccn4C)c3)N(C(=O)[C@H]3[C@@H](C(=O)O)CCCN3C(=O)OCc3ccccc3)C2)cc1. The molecule has 250 valence electrons. The lowest BCUT2D eigenvalue weighted by molar-refractivity contribution is -0.155. The molecule has 2 N–H and O–H groups in total. The number of amides is 3. The standard InChI is InChI=1S/C38H42N4O6/c1-25-10-12-26(13-11-25)19-29-21-33(35(43)39-22-28-14-15-32-30(20-28)16-18-40(32)2)42(23-29)36(44)34-31(37(45)46)9-6-17-41(34)38(47)48-24-27-7-4-3-5-8-27/h3-5,7-8,10-16,18,20,29,31,33-34H,6,9,17,19,21-24H2,1-2H3,(H,39,43)(H,45,46)/t29-,31+,33+,34-/m1/s1. The normalized spacial score (nSPS) is 20.9. The van der Waals surface area contributed by atoms with Crippen LogP contribution in [0, 0.1) is 18.8 Å². The van der Waals surface area contributed by atoms with Crippen molar-refractivity contribution in [1.82, 2.24) is 19.7 Å². The second-order valence-electron chi connectivity index (χ2n) is 13.1. The Morgan fingerprint density at radius 2 is 1.67 bits per heavy atom. The third-order valence-electron chi connectivity index (χ3n) is 9.68. The van der Waals surface area contributed by atoms with Gasteiger partial charge in [-0.25, -0.2) is 4.79 Å². The summed E-state index contributed by atoms with van der Waals surface area (Å²) in [6.45, 7) is 2.76. The Labute approximate surface area is 280 Å². The van der Waals surface area contributed by atoms with Gasteiger partial charge in [0.15, 0.2) is 0 Å². The number of carboxylic acids is 1. The van der Waals surface area contributed by atoms with Crippen LogP contribution in [-0.2, 0) is 45.7 Å². The maximum absolute atomic E-state index is 14.5.